The lowest BCUT2D eigenvalue weighted by molar-refractivity contribution is 0.300. The normalized spacial score (nSPS) is 10.7. The summed E-state index contributed by atoms with van der Waals surface area (Å²) in [5.74, 6) is 0.886. The molecule has 0 saturated heterocycles. The van der Waals surface area contributed by atoms with Crippen molar-refractivity contribution in [1.29, 1.82) is 0 Å². The van der Waals surface area contributed by atoms with Gasteiger partial charge in [0.25, 0.3) is 0 Å². The van der Waals surface area contributed by atoms with Gasteiger partial charge in [-0.1, -0.05) is 24.3 Å². The topological polar surface area (TPSA) is 65.7 Å². The van der Waals surface area contributed by atoms with Crippen LogP contribution in [0.15, 0.2) is 72.9 Å². The van der Waals surface area contributed by atoms with E-state index in [4.69, 9.17) is 4.74 Å². The van der Waals surface area contributed by atoms with Crippen LogP contribution in [0.4, 0.5) is 4.39 Å². The van der Waals surface area contributed by atoms with Gasteiger partial charge in [-0.3, -0.25) is 4.98 Å². The van der Waals surface area contributed by atoms with Gasteiger partial charge in [0.1, 0.15) is 24.7 Å². The molecule has 0 spiro atoms. The Morgan fingerprint density at radius 2 is 1.74 bits per heavy atom. The van der Waals surface area contributed by atoms with Crippen molar-refractivity contribution in [2.24, 2.45) is 0 Å². The predicted molar refractivity (Wildman–Crippen MR) is 97.3 cm³/mol. The number of aromatic nitrogens is 5. The summed E-state index contributed by atoms with van der Waals surface area (Å²) in [7, 11) is 0. The summed E-state index contributed by atoms with van der Waals surface area (Å²) < 4.78 is 19.3. The minimum Gasteiger partial charge on any atom is -0.489 e. The van der Waals surface area contributed by atoms with Crippen LogP contribution in [-0.2, 0) is 13.2 Å². The third-order valence-electron chi connectivity index (χ3n) is 3.95. The molecule has 4 rings (SSSR count). The first-order valence-corrected chi connectivity index (χ1v) is 8.42. The molecule has 134 valence electrons. The van der Waals surface area contributed by atoms with E-state index >= 15 is 0 Å². The maximum Gasteiger partial charge on any atom is 0.204 e. The molecule has 0 atom stereocenters. The third kappa shape index (κ3) is 4.14. The van der Waals surface area contributed by atoms with Crippen molar-refractivity contribution in [3.63, 3.8) is 0 Å². The minimum absolute atomic E-state index is 0.171. The van der Waals surface area contributed by atoms with E-state index in [0.29, 0.717) is 23.7 Å². The molecule has 2 heterocycles. The Bertz CT molecular complexity index is 1020. The Morgan fingerprint density at radius 1 is 0.926 bits per heavy atom. The van der Waals surface area contributed by atoms with Crippen molar-refractivity contribution in [2.45, 2.75) is 13.2 Å². The van der Waals surface area contributed by atoms with Crippen LogP contribution in [0.25, 0.3) is 11.4 Å². The lowest BCUT2D eigenvalue weighted by Gasteiger charge is -2.07. The molecule has 0 unspecified atom stereocenters. The molecule has 6 nitrogen and oxygen atoms in total. The van der Waals surface area contributed by atoms with Crippen LogP contribution in [0, 0.1) is 5.82 Å². The summed E-state index contributed by atoms with van der Waals surface area (Å²) in [6, 6.07) is 19.5. The molecule has 0 amide bonds. The predicted octanol–water partition coefficient (Wildman–Crippen LogP) is 3.50. The fourth-order valence-electron chi connectivity index (χ4n) is 2.54. The smallest absolute Gasteiger partial charge is 0.204 e. The summed E-state index contributed by atoms with van der Waals surface area (Å²) in [6.07, 6.45) is 1.73. The van der Waals surface area contributed by atoms with Crippen LogP contribution in [0.3, 0.4) is 0 Å². The third-order valence-corrected chi connectivity index (χ3v) is 3.95. The molecule has 27 heavy (non-hydrogen) atoms. The van der Waals surface area contributed by atoms with Gasteiger partial charge in [0, 0.05) is 17.3 Å². The van der Waals surface area contributed by atoms with Crippen molar-refractivity contribution < 1.29 is 9.13 Å². The van der Waals surface area contributed by atoms with Gasteiger partial charge in [0.2, 0.25) is 5.82 Å². The van der Waals surface area contributed by atoms with Crippen molar-refractivity contribution in [2.75, 3.05) is 0 Å². The Balaban J connectivity index is 1.41. The quantitative estimate of drug-likeness (QED) is 0.526. The zero-order valence-electron chi connectivity index (χ0n) is 14.4. The maximum absolute atomic E-state index is 13.6. The average Bonchev–Trinajstić information content (AvgIpc) is 3.17. The van der Waals surface area contributed by atoms with Crippen LogP contribution >= 0.6 is 0 Å². The average molecular weight is 361 g/mol. The van der Waals surface area contributed by atoms with Crippen LogP contribution in [0.5, 0.6) is 5.75 Å². The fourth-order valence-corrected chi connectivity index (χ4v) is 2.54. The van der Waals surface area contributed by atoms with Crippen LogP contribution in [0.2, 0.25) is 0 Å². The van der Waals surface area contributed by atoms with Crippen molar-refractivity contribution in [3.05, 3.63) is 90.0 Å². The Morgan fingerprint density at radius 3 is 2.52 bits per heavy atom. The molecule has 2 aromatic heterocycles. The van der Waals surface area contributed by atoms with E-state index in [1.807, 2.05) is 30.3 Å². The molecule has 0 radical (unpaired) electrons. The Labute approximate surface area is 155 Å². The van der Waals surface area contributed by atoms with Gasteiger partial charge in [-0.05, 0) is 47.7 Å². The van der Waals surface area contributed by atoms with Gasteiger partial charge in [-0.25, -0.2) is 4.39 Å². The Hall–Kier alpha value is -3.61. The largest absolute Gasteiger partial charge is 0.489 e. The lowest BCUT2D eigenvalue weighted by Crippen LogP contribution is -2.05. The zero-order chi connectivity index (χ0) is 18.5. The summed E-state index contributed by atoms with van der Waals surface area (Å²) in [5, 5.41) is 12.5. The molecule has 0 saturated carbocycles. The molecule has 0 aliphatic rings. The number of pyridine rings is 1. The highest BCUT2D eigenvalue weighted by molar-refractivity contribution is 5.55. The number of benzene rings is 2. The van der Waals surface area contributed by atoms with E-state index in [1.165, 1.54) is 10.9 Å². The number of nitrogens with zero attached hydrogens (tertiary/aromatic N) is 5. The number of rotatable bonds is 6. The fraction of sp³-hybridized carbons (Fsp3) is 0.100. The van der Waals surface area contributed by atoms with Crippen LogP contribution in [0.1, 0.15) is 11.3 Å². The standard InChI is InChI=1S/C20H16FN5O/c21-19-7-2-1-5-16(19)14-27-18-10-8-15(9-11-18)20-23-25-26(24-20)13-17-6-3-4-12-22-17/h1-12H,13-14H2. The second-order valence-electron chi connectivity index (χ2n) is 5.87. The lowest BCUT2D eigenvalue weighted by atomic mass is 10.2. The van der Waals surface area contributed by atoms with E-state index in [-0.39, 0.29) is 12.4 Å². The van der Waals surface area contributed by atoms with E-state index in [2.05, 4.69) is 20.4 Å². The first-order chi connectivity index (χ1) is 13.3. The molecule has 0 aliphatic carbocycles. The Kier molecular flexibility index (Phi) is 4.82. The van der Waals surface area contributed by atoms with E-state index in [9.17, 15) is 4.39 Å². The minimum atomic E-state index is -0.275. The number of halogens is 1. The molecule has 0 aliphatic heterocycles. The van der Waals surface area contributed by atoms with Crippen LogP contribution in [-0.4, -0.2) is 25.2 Å². The SMILES string of the molecule is Fc1ccccc1COc1ccc(-c2nnn(Cc3ccccn3)n2)cc1. The van der Waals surface area contributed by atoms with E-state index in [0.717, 1.165) is 11.3 Å². The first kappa shape index (κ1) is 16.8. The molecule has 0 bridgehead atoms. The van der Waals surface area contributed by atoms with Crippen molar-refractivity contribution in [3.8, 4) is 17.1 Å². The molecule has 2 aromatic carbocycles. The second kappa shape index (κ2) is 7.74. The number of tetrazole rings is 1. The van der Waals surface area contributed by atoms with Gasteiger partial charge in [-0.15, -0.1) is 10.2 Å². The number of ether oxygens (including phenoxy) is 1. The highest BCUT2D eigenvalue weighted by atomic mass is 19.1. The summed E-state index contributed by atoms with van der Waals surface area (Å²) in [6.45, 7) is 0.627. The molecule has 7 heteroatoms. The highest BCUT2D eigenvalue weighted by Crippen LogP contribution is 2.20. The van der Waals surface area contributed by atoms with Gasteiger partial charge < -0.3 is 4.74 Å². The van der Waals surface area contributed by atoms with E-state index in [1.54, 1.807) is 36.5 Å². The van der Waals surface area contributed by atoms with Gasteiger partial charge in [0.15, 0.2) is 0 Å². The summed E-state index contributed by atoms with van der Waals surface area (Å²) in [5.41, 5.74) is 2.19. The number of hydrogen-bond acceptors (Lipinski definition) is 5. The molecular weight excluding hydrogens is 345 g/mol. The highest BCUT2D eigenvalue weighted by Gasteiger charge is 2.08. The van der Waals surface area contributed by atoms with Crippen LogP contribution < -0.4 is 4.74 Å². The maximum atomic E-state index is 13.6. The summed E-state index contributed by atoms with van der Waals surface area (Å²) >= 11 is 0. The van der Waals surface area contributed by atoms with Gasteiger partial charge >= 0.3 is 0 Å². The van der Waals surface area contributed by atoms with Crippen molar-refractivity contribution in [1.82, 2.24) is 25.2 Å². The zero-order valence-corrected chi connectivity index (χ0v) is 14.4. The molecular formula is C20H16FN5O. The van der Waals surface area contributed by atoms with E-state index < -0.39 is 0 Å². The first-order valence-electron chi connectivity index (χ1n) is 8.42. The monoisotopic (exact) mass is 361 g/mol. The van der Waals surface area contributed by atoms with Crippen molar-refractivity contribution >= 4 is 0 Å². The molecule has 4 aromatic rings. The number of hydrogen-bond donors (Lipinski definition) is 0. The second-order valence-corrected chi connectivity index (χ2v) is 5.87. The van der Waals surface area contributed by atoms with Gasteiger partial charge in [-0.2, -0.15) is 4.80 Å². The summed E-state index contributed by atoms with van der Waals surface area (Å²) in [4.78, 5) is 5.75. The molecule has 0 fully saturated rings. The molecule has 0 N–H and O–H groups in total. The van der Waals surface area contributed by atoms with Gasteiger partial charge in [0.05, 0.1) is 5.69 Å².